The van der Waals surface area contributed by atoms with Crippen molar-refractivity contribution < 1.29 is 8.78 Å². The van der Waals surface area contributed by atoms with E-state index >= 15 is 0 Å². The first kappa shape index (κ1) is 14.3. The molecule has 19 heavy (non-hydrogen) atoms. The Kier molecular flexibility index (Phi) is 4.40. The van der Waals surface area contributed by atoms with Crippen LogP contribution >= 0.6 is 23.2 Å². The van der Waals surface area contributed by atoms with Crippen LogP contribution in [0.1, 0.15) is 17.2 Å². The van der Waals surface area contributed by atoms with E-state index in [1.54, 1.807) is 12.1 Å². The van der Waals surface area contributed by atoms with Crippen LogP contribution in [0.3, 0.4) is 0 Å². The molecule has 0 radical (unpaired) electrons. The summed E-state index contributed by atoms with van der Waals surface area (Å²) in [5.41, 5.74) is 7.40. The first-order valence-electron chi connectivity index (χ1n) is 5.62. The lowest BCUT2D eigenvalue weighted by atomic mass is 9.99. The Morgan fingerprint density at radius 2 is 1.68 bits per heavy atom. The van der Waals surface area contributed by atoms with Gasteiger partial charge < -0.3 is 5.73 Å². The van der Waals surface area contributed by atoms with Crippen molar-refractivity contribution in [1.29, 1.82) is 0 Å². The summed E-state index contributed by atoms with van der Waals surface area (Å²) in [6.07, 6.45) is 0.432. The molecule has 0 amide bonds. The van der Waals surface area contributed by atoms with Gasteiger partial charge in [-0.1, -0.05) is 35.3 Å². The summed E-state index contributed by atoms with van der Waals surface area (Å²) in [7, 11) is 0. The van der Waals surface area contributed by atoms with Crippen molar-refractivity contribution in [2.45, 2.75) is 12.5 Å². The highest BCUT2D eigenvalue weighted by atomic mass is 35.5. The molecule has 0 bridgehead atoms. The van der Waals surface area contributed by atoms with Gasteiger partial charge in [-0.2, -0.15) is 0 Å². The van der Waals surface area contributed by atoms with E-state index in [9.17, 15) is 8.78 Å². The second kappa shape index (κ2) is 5.87. The predicted molar refractivity (Wildman–Crippen MR) is 73.5 cm³/mol. The quantitative estimate of drug-likeness (QED) is 0.886. The van der Waals surface area contributed by atoms with Gasteiger partial charge in [0.1, 0.15) is 11.6 Å². The lowest BCUT2D eigenvalue weighted by Gasteiger charge is -2.13. The van der Waals surface area contributed by atoms with Crippen LogP contribution in [0.5, 0.6) is 0 Å². The zero-order valence-corrected chi connectivity index (χ0v) is 11.3. The van der Waals surface area contributed by atoms with Gasteiger partial charge in [0.15, 0.2) is 0 Å². The maximum atomic E-state index is 13.3. The molecule has 0 saturated carbocycles. The summed E-state index contributed by atoms with van der Waals surface area (Å²) in [4.78, 5) is 0. The van der Waals surface area contributed by atoms with E-state index in [4.69, 9.17) is 28.9 Å². The highest BCUT2D eigenvalue weighted by Gasteiger charge is 2.11. The summed E-state index contributed by atoms with van der Waals surface area (Å²) in [6, 6.07) is 8.43. The van der Waals surface area contributed by atoms with Crippen LogP contribution < -0.4 is 5.73 Å². The monoisotopic (exact) mass is 301 g/mol. The van der Waals surface area contributed by atoms with Gasteiger partial charge in [0.05, 0.1) is 10.0 Å². The summed E-state index contributed by atoms with van der Waals surface area (Å²) >= 11 is 11.3. The molecule has 2 aromatic carbocycles. The van der Waals surface area contributed by atoms with Crippen molar-refractivity contribution >= 4 is 23.2 Å². The van der Waals surface area contributed by atoms with Crippen molar-refractivity contribution in [3.05, 3.63) is 69.2 Å². The summed E-state index contributed by atoms with van der Waals surface area (Å²) in [5.74, 6) is -0.983. The summed E-state index contributed by atoms with van der Waals surface area (Å²) < 4.78 is 26.4. The van der Waals surface area contributed by atoms with E-state index in [-0.39, 0.29) is 10.0 Å². The molecule has 0 aliphatic rings. The molecule has 2 N–H and O–H groups in total. The molecule has 100 valence electrons. The van der Waals surface area contributed by atoms with Gasteiger partial charge in [0.25, 0.3) is 0 Å². The van der Waals surface area contributed by atoms with Gasteiger partial charge in [-0.15, -0.1) is 0 Å². The van der Waals surface area contributed by atoms with Crippen LogP contribution in [0.2, 0.25) is 10.0 Å². The van der Waals surface area contributed by atoms with Crippen LogP contribution in [0.25, 0.3) is 0 Å². The van der Waals surface area contributed by atoms with Crippen molar-refractivity contribution in [3.8, 4) is 0 Å². The number of rotatable bonds is 3. The minimum atomic E-state index is -0.508. The fraction of sp³-hybridized carbons (Fsp3) is 0.143. The lowest BCUT2D eigenvalue weighted by molar-refractivity contribution is 0.617. The molecule has 1 atom stereocenters. The van der Waals surface area contributed by atoms with Gasteiger partial charge in [-0.25, -0.2) is 8.78 Å². The van der Waals surface area contributed by atoms with Crippen LogP contribution in [-0.2, 0) is 6.42 Å². The Hall–Kier alpha value is -1.16. The summed E-state index contributed by atoms with van der Waals surface area (Å²) in [5, 5.41) is 0.104. The second-order valence-corrected chi connectivity index (χ2v) is 5.05. The highest BCUT2D eigenvalue weighted by molar-refractivity contribution is 6.31. The van der Waals surface area contributed by atoms with Crippen molar-refractivity contribution in [2.75, 3.05) is 0 Å². The lowest BCUT2D eigenvalue weighted by Crippen LogP contribution is -2.13. The zero-order chi connectivity index (χ0) is 14.0. The van der Waals surface area contributed by atoms with Crippen LogP contribution in [-0.4, -0.2) is 0 Å². The van der Waals surface area contributed by atoms with Crippen LogP contribution in [0.15, 0.2) is 36.4 Å². The number of hydrogen-bond donors (Lipinski definition) is 1. The van der Waals surface area contributed by atoms with Gasteiger partial charge in [-0.3, -0.25) is 0 Å². The molecule has 2 aromatic rings. The molecule has 0 saturated heterocycles. The molecule has 0 fully saturated rings. The smallest absolute Gasteiger partial charge is 0.142 e. The largest absolute Gasteiger partial charge is 0.324 e. The molecule has 0 aliphatic heterocycles. The van der Waals surface area contributed by atoms with E-state index in [1.165, 1.54) is 24.3 Å². The fourth-order valence-corrected chi connectivity index (χ4v) is 2.10. The van der Waals surface area contributed by atoms with Gasteiger partial charge in [0.2, 0.25) is 0 Å². The Bertz CT molecular complexity index is 602. The SMILES string of the molecule is NC(Cc1ccc(F)c(Cl)c1)c1ccc(Cl)c(F)c1. The average Bonchev–Trinajstić information content (AvgIpc) is 2.37. The molecule has 1 nitrogen and oxygen atoms in total. The first-order valence-corrected chi connectivity index (χ1v) is 6.37. The summed E-state index contributed by atoms with van der Waals surface area (Å²) in [6.45, 7) is 0. The van der Waals surface area contributed by atoms with E-state index in [0.29, 0.717) is 12.0 Å². The van der Waals surface area contributed by atoms with E-state index in [0.717, 1.165) is 5.56 Å². The molecule has 0 aromatic heterocycles. The molecule has 2 rings (SSSR count). The third-order valence-corrected chi connectivity index (χ3v) is 3.41. The van der Waals surface area contributed by atoms with Gasteiger partial charge >= 0.3 is 0 Å². The molecule has 0 aliphatic carbocycles. The normalized spacial score (nSPS) is 12.5. The molecule has 0 heterocycles. The third-order valence-electron chi connectivity index (χ3n) is 2.81. The average molecular weight is 302 g/mol. The maximum Gasteiger partial charge on any atom is 0.142 e. The predicted octanol–water partition coefficient (Wildman–Crippen LogP) is 4.51. The van der Waals surface area contributed by atoms with Crippen molar-refractivity contribution in [3.63, 3.8) is 0 Å². The minimum absolute atomic E-state index is 0.0481. The maximum absolute atomic E-state index is 13.3. The number of benzene rings is 2. The second-order valence-electron chi connectivity index (χ2n) is 4.23. The highest BCUT2D eigenvalue weighted by Crippen LogP contribution is 2.23. The van der Waals surface area contributed by atoms with Crippen LogP contribution in [0, 0.1) is 11.6 Å². The standard InChI is InChI=1S/C14H11Cl2F2N/c15-10-3-2-9(7-13(10)18)14(19)6-8-1-4-12(17)11(16)5-8/h1-5,7,14H,6,19H2. The first-order chi connectivity index (χ1) is 8.97. The topological polar surface area (TPSA) is 26.0 Å². The van der Waals surface area contributed by atoms with E-state index in [1.807, 2.05) is 0 Å². The number of halogens is 4. The molecule has 0 spiro atoms. The molecular weight excluding hydrogens is 291 g/mol. The van der Waals surface area contributed by atoms with Gasteiger partial charge in [0, 0.05) is 6.04 Å². The Balaban J connectivity index is 2.17. The van der Waals surface area contributed by atoms with Crippen molar-refractivity contribution in [2.24, 2.45) is 5.73 Å². The van der Waals surface area contributed by atoms with E-state index in [2.05, 4.69) is 0 Å². The Morgan fingerprint density at radius 3 is 2.32 bits per heavy atom. The number of hydrogen-bond acceptors (Lipinski definition) is 1. The van der Waals surface area contributed by atoms with E-state index < -0.39 is 17.7 Å². The third kappa shape index (κ3) is 3.44. The van der Waals surface area contributed by atoms with Gasteiger partial charge in [-0.05, 0) is 41.8 Å². The molecule has 5 heteroatoms. The Labute approximate surface area is 119 Å². The fourth-order valence-electron chi connectivity index (χ4n) is 1.78. The zero-order valence-electron chi connectivity index (χ0n) is 9.84. The number of nitrogens with two attached hydrogens (primary N) is 1. The van der Waals surface area contributed by atoms with Crippen molar-refractivity contribution in [1.82, 2.24) is 0 Å². The van der Waals surface area contributed by atoms with Crippen LogP contribution in [0.4, 0.5) is 8.78 Å². The minimum Gasteiger partial charge on any atom is -0.324 e. The Morgan fingerprint density at radius 1 is 0.947 bits per heavy atom. The molecular formula is C14H11Cl2F2N. The molecule has 1 unspecified atom stereocenters.